The summed E-state index contributed by atoms with van der Waals surface area (Å²) in [6.07, 6.45) is 4.78. The predicted molar refractivity (Wildman–Crippen MR) is 74.8 cm³/mol. The zero-order valence-electron chi connectivity index (χ0n) is 11.5. The molecule has 1 N–H and O–H groups in total. The first kappa shape index (κ1) is 13.3. The first-order valence-corrected chi connectivity index (χ1v) is 7.12. The smallest absolute Gasteiger partial charge is 0.129 e. The van der Waals surface area contributed by atoms with E-state index < -0.39 is 0 Å². The van der Waals surface area contributed by atoms with Gasteiger partial charge in [-0.25, -0.2) is 4.98 Å². The molecule has 1 fully saturated rings. The molecule has 0 spiro atoms. The Balaban J connectivity index is 2.13. The summed E-state index contributed by atoms with van der Waals surface area (Å²) in [7, 11) is 0. The van der Waals surface area contributed by atoms with E-state index in [0.717, 1.165) is 42.5 Å². The molecule has 3 nitrogen and oxygen atoms in total. The van der Waals surface area contributed by atoms with Gasteiger partial charge in [0.05, 0.1) is 6.61 Å². The molecule has 1 aromatic rings. The molecule has 0 aromatic carbocycles. The van der Waals surface area contributed by atoms with Crippen LogP contribution in [0.1, 0.15) is 44.4 Å². The highest BCUT2D eigenvalue weighted by molar-refractivity contribution is 5.43. The summed E-state index contributed by atoms with van der Waals surface area (Å²) in [6.45, 7) is 6.70. The molecule has 18 heavy (non-hydrogen) atoms. The molecule has 1 atom stereocenters. The highest BCUT2D eigenvalue weighted by atomic mass is 16.3. The Kier molecular flexibility index (Phi) is 4.59. The maximum atomic E-state index is 9.31. The molecular weight excluding hydrogens is 224 g/mol. The minimum atomic E-state index is 0.106. The summed E-state index contributed by atoms with van der Waals surface area (Å²) < 4.78 is 0. The van der Waals surface area contributed by atoms with Gasteiger partial charge in [0.2, 0.25) is 0 Å². The van der Waals surface area contributed by atoms with Gasteiger partial charge in [0.25, 0.3) is 0 Å². The molecule has 0 radical (unpaired) electrons. The molecule has 0 saturated carbocycles. The van der Waals surface area contributed by atoms with E-state index in [-0.39, 0.29) is 6.61 Å². The topological polar surface area (TPSA) is 36.4 Å². The van der Waals surface area contributed by atoms with E-state index in [1.807, 2.05) is 12.1 Å². The summed E-state index contributed by atoms with van der Waals surface area (Å²) in [4.78, 5) is 7.06. The van der Waals surface area contributed by atoms with Crippen LogP contribution >= 0.6 is 0 Å². The van der Waals surface area contributed by atoms with Crippen LogP contribution in [0.5, 0.6) is 0 Å². The fourth-order valence-electron chi connectivity index (χ4n) is 2.75. The van der Waals surface area contributed by atoms with Crippen molar-refractivity contribution in [2.24, 2.45) is 5.92 Å². The quantitative estimate of drug-likeness (QED) is 0.870. The average molecular weight is 248 g/mol. The van der Waals surface area contributed by atoms with E-state index in [4.69, 9.17) is 4.98 Å². The molecule has 2 heterocycles. The van der Waals surface area contributed by atoms with Gasteiger partial charge in [0.15, 0.2) is 0 Å². The number of anilines is 1. The second-order valence-electron chi connectivity index (χ2n) is 5.23. The lowest BCUT2D eigenvalue weighted by molar-refractivity contribution is 0.281. The van der Waals surface area contributed by atoms with Crippen LogP contribution in [-0.4, -0.2) is 23.2 Å². The van der Waals surface area contributed by atoms with Crippen LogP contribution < -0.4 is 4.90 Å². The second kappa shape index (κ2) is 6.19. The Morgan fingerprint density at radius 1 is 1.39 bits per heavy atom. The molecule has 0 amide bonds. The van der Waals surface area contributed by atoms with Gasteiger partial charge in [-0.1, -0.05) is 20.3 Å². The van der Waals surface area contributed by atoms with E-state index in [9.17, 15) is 5.11 Å². The van der Waals surface area contributed by atoms with Crippen molar-refractivity contribution in [3.05, 3.63) is 23.4 Å². The van der Waals surface area contributed by atoms with Crippen LogP contribution in [0.15, 0.2) is 12.1 Å². The Labute approximate surface area is 110 Å². The molecule has 1 aliphatic heterocycles. The molecule has 1 aromatic heterocycles. The van der Waals surface area contributed by atoms with Crippen molar-refractivity contribution < 1.29 is 5.11 Å². The largest absolute Gasteiger partial charge is 0.392 e. The van der Waals surface area contributed by atoms with Gasteiger partial charge in [-0.3, -0.25) is 0 Å². The molecule has 100 valence electrons. The summed E-state index contributed by atoms with van der Waals surface area (Å²) in [6, 6.07) is 4.04. The predicted octanol–water partition coefficient (Wildman–Crippen LogP) is 2.76. The van der Waals surface area contributed by atoms with Gasteiger partial charge >= 0.3 is 0 Å². The zero-order chi connectivity index (χ0) is 13.0. The Morgan fingerprint density at radius 3 is 2.89 bits per heavy atom. The summed E-state index contributed by atoms with van der Waals surface area (Å²) in [5, 5.41) is 9.31. The van der Waals surface area contributed by atoms with Gasteiger partial charge in [-0.15, -0.1) is 0 Å². The third kappa shape index (κ3) is 3.02. The SMILES string of the molecule is CCCC1CCN(c2cc(CO)cc(CC)n2)C1. The standard InChI is InChI=1S/C15H24N2O/c1-3-5-12-6-7-17(10-12)15-9-13(11-18)8-14(4-2)16-15/h8-9,12,18H,3-7,10-11H2,1-2H3. The maximum absolute atomic E-state index is 9.31. The van der Waals surface area contributed by atoms with Crippen LogP contribution in [0, 0.1) is 5.92 Å². The lowest BCUT2D eigenvalue weighted by atomic mass is 10.0. The Hall–Kier alpha value is -1.09. The van der Waals surface area contributed by atoms with E-state index in [1.54, 1.807) is 0 Å². The second-order valence-corrected chi connectivity index (χ2v) is 5.23. The number of pyridine rings is 1. The first-order valence-electron chi connectivity index (χ1n) is 7.12. The summed E-state index contributed by atoms with van der Waals surface area (Å²) in [5.41, 5.74) is 2.06. The number of aryl methyl sites for hydroxylation is 1. The first-order chi connectivity index (χ1) is 8.76. The van der Waals surface area contributed by atoms with Gasteiger partial charge in [0, 0.05) is 18.8 Å². The number of rotatable bonds is 5. The number of aliphatic hydroxyl groups excluding tert-OH is 1. The van der Waals surface area contributed by atoms with Gasteiger partial charge < -0.3 is 10.0 Å². The van der Waals surface area contributed by atoms with Crippen molar-refractivity contribution >= 4 is 5.82 Å². The Bertz CT molecular complexity index is 370. The highest BCUT2D eigenvalue weighted by Gasteiger charge is 2.23. The van der Waals surface area contributed by atoms with E-state index in [1.165, 1.54) is 19.3 Å². The zero-order valence-corrected chi connectivity index (χ0v) is 11.5. The van der Waals surface area contributed by atoms with E-state index >= 15 is 0 Å². The van der Waals surface area contributed by atoms with Crippen molar-refractivity contribution in [1.82, 2.24) is 4.98 Å². The van der Waals surface area contributed by atoms with Gasteiger partial charge in [-0.05, 0) is 42.9 Å². The summed E-state index contributed by atoms with van der Waals surface area (Å²) >= 11 is 0. The summed E-state index contributed by atoms with van der Waals surface area (Å²) in [5.74, 6) is 1.87. The lowest BCUT2D eigenvalue weighted by Gasteiger charge is -2.19. The molecular formula is C15H24N2O. The molecule has 0 bridgehead atoms. The van der Waals surface area contributed by atoms with Crippen LogP contribution in [0.4, 0.5) is 5.82 Å². The normalized spacial score (nSPS) is 19.5. The van der Waals surface area contributed by atoms with Crippen LogP contribution in [0.3, 0.4) is 0 Å². The highest BCUT2D eigenvalue weighted by Crippen LogP contribution is 2.26. The van der Waals surface area contributed by atoms with Gasteiger partial charge in [0.1, 0.15) is 5.82 Å². The van der Waals surface area contributed by atoms with Crippen LogP contribution in [0.2, 0.25) is 0 Å². The number of hydrogen-bond donors (Lipinski definition) is 1. The Morgan fingerprint density at radius 2 is 2.22 bits per heavy atom. The van der Waals surface area contributed by atoms with Gasteiger partial charge in [-0.2, -0.15) is 0 Å². The van der Waals surface area contributed by atoms with Crippen molar-refractivity contribution in [3.8, 4) is 0 Å². The molecule has 0 aliphatic carbocycles. The van der Waals surface area contributed by atoms with Crippen molar-refractivity contribution in [2.45, 2.75) is 46.1 Å². The molecule has 1 saturated heterocycles. The lowest BCUT2D eigenvalue weighted by Crippen LogP contribution is -2.21. The minimum absolute atomic E-state index is 0.106. The number of hydrogen-bond acceptors (Lipinski definition) is 3. The third-order valence-electron chi connectivity index (χ3n) is 3.78. The molecule has 1 unspecified atom stereocenters. The number of nitrogens with zero attached hydrogens (tertiary/aromatic N) is 2. The number of aromatic nitrogens is 1. The molecule has 1 aliphatic rings. The monoisotopic (exact) mass is 248 g/mol. The van der Waals surface area contributed by atoms with Crippen molar-refractivity contribution in [1.29, 1.82) is 0 Å². The average Bonchev–Trinajstić information content (AvgIpc) is 2.87. The van der Waals surface area contributed by atoms with Crippen LogP contribution in [-0.2, 0) is 13.0 Å². The van der Waals surface area contributed by atoms with E-state index in [2.05, 4.69) is 18.7 Å². The number of aliphatic hydroxyl groups is 1. The minimum Gasteiger partial charge on any atom is -0.392 e. The van der Waals surface area contributed by atoms with E-state index in [0.29, 0.717) is 0 Å². The van der Waals surface area contributed by atoms with Crippen molar-refractivity contribution in [3.63, 3.8) is 0 Å². The molecule has 3 heteroatoms. The van der Waals surface area contributed by atoms with Crippen LogP contribution in [0.25, 0.3) is 0 Å². The maximum Gasteiger partial charge on any atom is 0.129 e. The molecule has 2 rings (SSSR count). The fraction of sp³-hybridized carbons (Fsp3) is 0.667. The fourth-order valence-corrected chi connectivity index (χ4v) is 2.75. The van der Waals surface area contributed by atoms with Crippen molar-refractivity contribution in [2.75, 3.05) is 18.0 Å². The third-order valence-corrected chi connectivity index (χ3v) is 3.78.